The molecule has 90 valence electrons. The Morgan fingerprint density at radius 3 is 2.71 bits per heavy atom. The average molecular weight is 294 g/mol. The summed E-state index contributed by atoms with van der Waals surface area (Å²) < 4.78 is 1.14. The number of anilines is 1. The molecular weight excluding hydrogens is 278 g/mol. The van der Waals surface area contributed by atoms with Crippen LogP contribution in [0.2, 0.25) is 0 Å². The van der Waals surface area contributed by atoms with Gasteiger partial charge in [0.15, 0.2) is 0 Å². The number of nitrogens with two attached hydrogens (primary N) is 1. The molecule has 2 aromatic rings. The third-order valence-corrected chi connectivity index (χ3v) is 3.74. The zero-order chi connectivity index (χ0) is 12.4. The van der Waals surface area contributed by atoms with Gasteiger partial charge in [0.05, 0.1) is 5.69 Å². The van der Waals surface area contributed by atoms with E-state index in [0.29, 0.717) is 11.7 Å². The normalized spacial score (nSPS) is 12.6. The summed E-state index contributed by atoms with van der Waals surface area (Å²) in [5, 5.41) is 6.85. The van der Waals surface area contributed by atoms with E-state index in [0.717, 1.165) is 22.2 Å². The molecule has 0 aliphatic heterocycles. The lowest BCUT2D eigenvalue weighted by Gasteiger charge is -2.12. The zero-order valence-electron chi connectivity index (χ0n) is 10.00. The van der Waals surface area contributed by atoms with Crippen molar-refractivity contribution in [3.05, 3.63) is 34.3 Å². The first-order chi connectivity index (χ1) is 8.11. The molecular formula is C13H16BrN3. The van der Waals surface area contributed by atoms with Gasteiger partial charge in [-0.1, -0.05) is 41.9 Å². The van der Waals surface area contributed by atoms with E-state index in [2.05, 4.69) is 58.2 Å². The highest BCUT2D eigenvalue weighted by molar-refractivity contribution is 9.10. The number of nitrogens with one attached hydrogen (secondary N) is 1. The first-order valence-corrected chi connectivity index (χ1v) is 6.51. The van der Waals surface area contributed by atoms with Gasteiger partial charge in [-0.25, -0.2) is 0 Å². The largest absolute Gasteiger partial charge is 0.382 e. The molecule has 2 rings (SSSR count). The predicted molar refractivity (Wildman–Crippen MR) is 74.8 cm³/mol. The van der Waals surface area contributed by atoms with Gasteiger partial charge in [-0.15, -0.1) is 0 Å². The molecule has 0 aliphatic rings. The van der Waals surface area contributed by atoms with Gasteiger partial charge in [0, 0.05) is 16.1 Å². The smallest absolute Gasteiger partial charge is 0.145 e. The highest BCUT2D eigenvalue weighted by Gasteiger charge is 2.09. The molecule has 3 N–H and O–H groups in total. The van der Waals surface area contributed by atoms with Crippen molar-refractivity contribution in [2.75, 3.05) is 5.73 Å². The minimum Gasteiger partial charge on any atom is -0.382 e. The second kappa shape index (κ2) is 4.92. The van der Waals surface area contributed by atoms with Crippen LogP contribution in [0, 0.1) is 0 Å². The Balaban J connectivity index is 2.37. The molecule has 4 heteroatoms. The highest BCUT2D eigenvalue weighted by Crippen LogP contribution is 2.31. The van der Waals surface area contributed by atoms with Crippen LogP contribution < -0.4 is 5.73 Å². The third-order valence-electron chi connectivity index (χ3n) is 3.05. The van der Waals surface area contributed by atoms with Crippen molar-refractivity contribution < 1.29 is 0 Å². The van der Waals surface area contributed by atoms with Crippen LogP contribution in [0.15, 0.2) is 28.7 Å². The van der Waals surface area contributed by atoms with Gasteiger partial charge in [0.2, 0.25) is 0 Å². The van der Waals surface area contributed by atoms with Crippen LogP contribution in [0.4, 0.5) is 5.82 Å². The number of nitrogen functional groups attached to an aromatic ring is 1. The maximum absolute atomic E-state index is 5.60. The lowest BCUT2D eigenvalue weighted by atomic mass is 9.97. The molecule has 0 saturated heterocycles. The van der Waals surface area contributed by atoms with Crippen molar-refractivity contribution >= 4 is 21.7 Å². The van der Waals surface area contributed by atoms with Crippen LogP contribution in [-0.2, 0) is 0 Å². The Morgan fingerprint density at radius 2 is 2.18 bits per heavy atom. The highest BCUT2D eigenvalue weighted by atomic mass is 79.9. The number of H-pyrrole nitrogens is 1. The lowest BCUT2D eigenvalue weighted by molar-refractivity contribution is 0.730. The number of aromatic nitrogens is 2. The van der Waals surface area contributed by atoms with Crippen molar-refractivity contribution in [1.82, 2.24) is 10.2 Å². The molecule has 1 heterocycles. The Morgan fingerprint density at radius 1 is 1.41 bits per heavy atom. The number of hydrogen-bond donors (Lipinski definition) is 2. The number of nitrogens with zero attached hydrogens (tertiary/aromatic N) is 1. The van der Waals surface area contributed by atoms with Crippen molar-refractivity contribution in [2.24, 2.45) is 0 Å². The third kappa shape index (κ3) is 2.52. The van der Waals surface area contributed by atoms with E-state index in [4.69, 9.17) is 5.73 Å². The van der Waals surface area contributed by atoms with E-state index >= 15 is 0 Å². The van der Waals surface area contributed by atoms with E-state index in [1.807, 2.05) is 6.07 Å². The Kier molecular flexibility index (Phi) is 3.52. The van der Waals surface area contributed by atoms with Crippen molar-refractivity contribution in [3.8, 4) is 11.3 Å². The number of hydrogen-bond acceptors (Lipinski definition) is 2. The second-order valence-corrected chi connectivity index (χ2v) is 5.11. The summed E-state index contributed by atoms with van der Waals surface area (Å²) in [5.74, 6) is 1.08. The molecule has 0 aliphatic carbocycles. The summed E-state index contributed by atoms with van der Waals surface area (Å²) >= 11 is 3.63. The zero-order valence-corrected chi connectivity index (χ0v) is 11.6. The van der Waals surface area contributed by atoms with E-state index in [-0.39, 0.29) is 0 Å². The Bertz CT molecular complexity index is 519. The summed E-state index contributed by atoms with van der Waals surface area (Å²) in [7, 11) is 0. The monoisotopic (exact) mass is 293 g/mol. The quantitative estimate of drug-likeness (QED) is 0.901. The maximum Gasteiger partial charge on any atom is 0.145 e. The molecule has 0 spiro atoms. The summed E-state index contributed by atoms with van der Waals surface area (Å²) in [6.07, 6.45) is 1.13. The summed E-state index contributed by atoms with van der Waals surface area (Å²) in [4.78, 5) is 0. The second-order valence-electron chi connectivity index (χ2n) is 4.25. The summed E-state index contributed by atoms with van der Waals surface area (Å²) in [6.45, 7) is 4.43. The van der Waals surface area contributed by atoms with E-state index < -0.39 is 0 Å². The molecule has 0 fully saturated rings. The average Bonchev–Trinajstić information content (AvgIpc) is 2.75. The molecule has 3 nitrogen and oxygen atoms in total. The number of benzene rings is 1. The SMILES string of the molecule is CCC(C)c1ccc(-c2cc(N)n[nH]2)cc1Br. The maximum atomic E-state index is 5.60. The minimum atomic E-state index is 0.516. The van der Waals surface area contributed by atoms with Crippen LogP contribution in [-0.4, -0.2) is 10.2 Å². The van der Waals surface area contributed by atoms with Gasteiger partial charge in [-0.2, -0.15) is 5.10 Å². The van der Waals surface area contributed by atoms with Gasteiger partial charge in [-0.05, 0) is 24.0 Å². The number of halogens is 1. The minimum absolute atomic E-state index is 0.516. The van der Waals surface area contributed by atoms with Crippen molar-refractivity contribution in [2.45, 2.75) is 26.2 Å². The van der Waals surface area contributed by atoms with Gasteiger partial charge in [0.1, 0.15) is 5.82 Å². The fourth-order valence-electron chi connectivity index (χ4n) is 1.80. The van der Waals surface area contributed by atoms with E-state index in [9.17, 15) is 0 Å². The van der Waals surface area contributed by atoms with Gasteiger partial charge < -0.3 is 5.73 Å². The van der Waals surface area contributed by atoms with Crippen LogP contribution in [0.3, 0.4) is 0 Å². The topological polar surface area (TPSA) is 54.7 Å². The van der Waals surface area contributed by atoms with Crippen LogP contribution >= 0.6 is 15.9 Å². The predicted octanol–water partition coefficient (Wildman–Crippen LogP) is 3.93. The number of rotatable bonds is 3. The fraction of sp³-hybridized carbons (Fsp3) is 0.308. The molecule has 1 atom stereocenters. The first kappa shape index (κ1) is 12.2. The van der Waals surface area contributed by atoms with Gasteiger partial charge >= 0.3 is 0 Å². The Labute approximate surface area is 110 Å². The van der Waals surface area contributed by atoms with E-state index in [1.165, 1.54) is 5.56 Å². The van der Waals surface area contributed by atoms with Crippen LogP contribution in [0.1, 0.15) is 31.7 Å². The van der Waals surface area contributed by atoms with Crippen molar-refractivity contribution in [1.29, 1.82) is 0 Å². The summed E-state index contributed by atoms with van der Waals surface area (Å²) in [6, 6.07) is 8.20. The first-order valence-electron chi connectivity index (χ1n) is 5.72. The summed E-state index contributed by atoms with van der Waals surface area (Å²) in [5.41, 5.74) is 8.97. The molecule has 0 saturated carbocycles. The standard InChI is InChI=1S/C13H16BrN3/c1-3-8(2)10-5-4-9(6-11(10)14)12-7-13(15)17-16-12/h4-8H,3H2,1-2H3,(H3,15,16,17). The molecule has 1 unspecified atom stereocenters. The molecule has 0 radical (unpaired) electrons. The Hall–Kier alpha value is -1.29. The molecule has 17 heavy (non-hydrogen) atoms. The molecule has 0 bridgehead atoms. The van der Waals surface area contributed by atoms with Gasteiger partial charge in [0.25, 0.3) is 0 Å². The molecule has 1 aromatic carbocycles. The van der Waals surface area contributed by atoms with E-state index in [1.54, 1.807) is 0 Å². The van der Waals surface area contributed by atoms with Crippen LogP contribution in [0.5, 0.6) is 0 Å². The number of aromatic amines is 1. The molecule has 0 amide bonds. The fourth-order valence-corrected chi connectivity index (χ4v) is 2.57. The lowest BCUT2D eigenvalue weighted by Crippen LogP contribution is -1.93. The van der Waals surface area contributed by atoms with Crippen molar-refractivity contribution in [3.63, 3.8) is 0 Å². The molecule has 1 aromatic heterocycles. The van der Waals surface area contributed by atoms with Gasteiger partial charge in [-0.3, -0.25) is 5.10 Å². The van der Waals surface area contributed by atoms with Crippen LogP contribution in [0.25, 0.3) is 11.3 Å².